The molecule has 182 valence electrons. The van der Waals surface area contributed by atoms with Crippen molar-refractivity contribution in [3.8, 4) is 27.4 Å². The van der Waals surface area contributed by atoms with E-state index in [1.807, 2.05) is 29.6 Å². The molecule has 0 fully saturated rings. The molecule has 1 aliphatic rings. The van der Waals surface area contributed by atoms with Crippen LogP contribution in [0.4, 0.5) is 0 Å². The molecule has 4 rings (SSSR count). The molecule has 0 radical (unpaired) electrons. The van der Waals surface area contributed by atoms with Crippen molar-refractivity contribution in [3.05, 3.63) is 50.9 Å². The fourth-order valence-electron chi connectivity index (χ4n) is 4.41. The minimum Gasteiger partial charge on any atom is -0.496 e. The van der Waals surface area contributed by atoms with Gasteiger partial charge in [0, 0.05) is 22.5 Å². The lowest BCUT2D eigenvalue weighted by molar-refractivity contribution is 0.0512. The molecule has 0 unspecified atom stereocenters. The zero-order valence-electron chi connectivity index (χ0n) is 19.2. The number of hydrogen-bond acceptors (Lipinski definition) is 7. The van der Waals surface area contributed by atoms with Crippen LogP contribution in [-0.4, -0.2) is 45.5 Å². The number of halogens is 1. The van der Waals surface area contributed by atoms with Gasteiger partial charge in [0.25, 0.3) is 10.1 Å². The largest absolute Gasteiger partial charge is 0.496 e. The summed E-state index contributed by atoms with van der Waals surface area (Å²) in [5.41, 5.74) is 5.51. The Balaban J connectivity index is 1.92. The zero-order valence-corrected chi connectivity index (χ0v) is 22.4. The van der Waals surface area contributed by atoms with Crippen LogP contribution >= 0.6 is 27.3 Å². The van der Waals surface area contributed by atoms with Crippen LogP contribution in [0.1, 0.15) is 35.0 Å². The van der Waals surface area contributed by atoms with E-state index in [0.717, 1.165) is 55.7 Å². The first-order valence-electron chi connectivity index (χ1n) is 10.9. The molecule has 34 heavy (non-hydrogen) atoms. The number of esters is 1. The third-order valence-electron chi connectivity index (χ3n) is 5.71. The quantitative estimate of drug-likeness (QED) is 0.198. The molecule has 0 saturated heterocycles. The molecular formula is C24H26BrNO6S2. The summed E-state index contributed by atoms with van der Waals surface area (Å²) in [7, 11) is -1.89. The molecule has 0 spiro atoms. The van der Waals surface area contributed by atoms with Crippen molar-refractivity contribution in [2.75, 3.05) is 26.6 Å². The van der Waals surface area contributed by atoms with Gasteiger partial charge in [0.15, 0.2) is 0 Å². The fraction of sp³-hybridized carbons (Fsp3) is 0.375. The van der Waals surface area contributed by atoms with Gasteiger partial charge in [-0.05, 0) is 76.8 Å². The van der Waals surface area contributed by atoms with Crippen LogP contribution < -0.4 is 4.74 Å². The van der Waals surface area contributed by atoms with Gasteiger partial charge in [-0.25, -0.2) is 4.79 Å². The minimum atomic E-state index is -3.53. The number of nitrogens with zero attached hydrogens (tertiary/aromatic N) is 1. The monoisotopic (exact) mass is 567 g/mol. The van der Waals surface area contributed by atoms with Gasteiger partial charge >= 0.3 is 5.97 Å². The molecule has 3 heterocycles. The lowest BCUT2D eigenvalue weighted by Gasteiger charge is -2.23. The maximum absolute atomic E-state index is 13.2. The van der Waals surface area contributed by atoms with Crippen LogP contribution in [-0.2, 0) is 38.4 Å². The second-order valence-electron chi connectivity index (χ2n) is 7.92. The molecule has 7 nitrogen and oxygen atoms in total. The number of hydrogen-bond donors (Lipinski definition) is 0. The summed E-state index contributed by atoms with van der Waals surface area (Å²) in [6, 6.07) is 8.11. The van der Waals surface area contributed by atoms with E-state index >= 15 is 0 Å². The minimum absolute atomic E-state index is 0.0465. The van der Waals surface area contributed by atoms with Crippen LogP contribution in [0, 0.1) is 0 Å². The highest BCUT2D eigenvalue weighted by Crippen LogP contribution is 2.47. The summed E-state index contributed by atoms with van der Waals surface area (Å²) in [4.78, 5) is 14.2. The smallest absolute Gasteiger partial charge is 0.355 e. The van der Waals surface area contributed by atoms with Crippen molar-refractivity contribution < 1.29 is 26.9 Å². The molecule has 0 aliphatic carbocycles. The Morgan fingerprint density at radius 1 is 1.29 bits per heavy atom. The van der Waals surface area contributed by atoms with E-state index in [2.05, 4.69) is 20.5 Å². The Hall–Kier alpha value is -2.14. The molecular weight excluding hydrogens is 542 g/mol. The van der Waals surface area contributed by atoms with E-state index in [1.165, 1.54) is 0 Å². The van der Waals surface area contributed by atoms with Gasteiger partial charge in [-0.15, -0.1) is 11.3 Å². The average molecular weight is 569 g/mol. The third kappa shape index (κ3) is 4.95. The highest BCUT2D eigenvalue weighted by Gasteiger charge is 2.33. The van der Waals surface area contributed by atoms with Crippen molar-refractivity contribution >= 4 is 43.4 Å². The van der Waals surface area contributed by atoms with E-state index in [9.17, 15) is 13.2 Å². The van der Waals surface area contributed by atoms with Gasteiger partial charge in [-0.2, -0.15) is 8.42 Å². The number of rotatable bonds is 9. The molecule has 0 amide bonds. The molecule has 0 bridgehead atoms. The number of methoxy groups -OCH3 is 1. The summed E-state index contributed by atoms with van der Waals surface area (Å²) in [6.07, 6.45) is 2.70. The Bertz CT molecular complexity index is 1310. The van der Waals surface area contributed by atoms with E-state index in [0.29, 0.717) is 25.1 Å². The molecule has 0 atom stereocenters. The number of thiophene rings is 1. The van der Waals surface area contributed by atoms with Gasteiger partial charge in [-0.3, -0.25) is 4.18 Å². The van der Waals surface area contributed by atoms with Crippen molar-refractivity contribution in [1.29, 1.82) is 0 Å². The van der Waals surface area contributed by atoms with Crippen molar-refractivity contribution in [2.24, 2.45) is 0 Å². The second kappa shape index (κ2) is 10.2. The average Bonchev–Trinajstić information content (AvgIpc) is 3.41. The van der Waals surface area contributed by atoms with Crippen LogP contribution in [0.5, 0.6) is 5.75 Å². The maximum Gasteiger partial charge on any atom is 0.355 e. The topological polar surface area (TPSA) is 83.8 Å². The first-order chi connectivity index (χ1) is 16.2. The van der Waals surface area contributed by atoms with Crippen LogP contribution in [0.3, 0.4) is 0 Å². The number of carbonyl (C=O) groups is 1. The predicted octanol–water partition coefficient (Wildman–Crippen LogP) is 5.30. The Kier molecular flexibility index (Phi) is 7.51. The molecule has 0 N–H and O–H groups in total. The SMILES string of the molecule is CCOC(=O)c1c(CCCOS(C)(=O)=O)c(-c2cccs2)c2n1CCc1cc(OC)c(Br)cc1-2. The van der Waals surface area contributed by atoms with E-state index in [4.69, 9.17) is 13.7 Å². The summed E-state index contributed by atoms with van der Waals surface area (Å²) in [5.74, 6) is 0.391. The third-order valence-corrected chi connectivity index (χ3v) is 7.81. The normalized spacial score (nSPS) is 12.8. The lowest BCUT2D eigenvalue weighted by Crippen LogP contribution is -2.19. The Morgan fingerprint density at radius 3 is 2.74 bits per heavy atom. The lowest BCUT2D eigenvalue weighted by atomic mass is 9.94. The number of carbonyl (C=O) groups excluding carboxylic acids is 1. The summed E-state index contributed by atoms with van der Waals surface area (Å²) < 4.78 is 41.7. The number of ether oxygens (including phenoxy) is 2. The van der Waals surface area contributed by atoms with Crippen LogP contribution in [0.15, 0.2) is 34.1 Å². The molecule has 10 heteroatoms. The maximum atomic E-state index is 13.2. The van der Waals surface area contributed by atoms with E-state index in [1.54, 1.807) is 25.4 Å². The van der Waals surface area contributed by atoms with Crippen LogP contribution in [0.25, 0.3) is 21.7 Å². The predicted molar refractivity (Wildman–Crippen MR) is 136 cm³/mol. The van der Waals surface area contributed by atoms with Crippen molar-refractivity contribution in [3.63, 3.8) is 0 Å². The first-order valence-corrected chi connectivity index (χ1v) is 14.4. The number of fused-ring (bicyclic) bond motifs is 3. The van der Waals surface area contributed by atoms with E-state index < -0.39 is 10.1 Å². The second-order valence-corrected chi connectivity index (χ2v) is 11.4. The number of aromatic nitrogens is 1. The molecule has 3 aromatic rings. The summed E-state index contributed by atoms with van der Waals surface area (Å²) >= 11 is 5.22. The highest BCUT2D eigenvalue weighted by atomic mass is 79.9. The number of aryl methyl sites for hydroxylation is 1. The van der Waals surface area contributed by atoms with Crippen molar-refractivity contribution in [1.82, 2.24) is 4.57 Å². The van der Waals surface area contributed by atoms with Gasteiger partial charge in [0.2, 0.25) is 0 Å². The van der Waals surface area contributed by atoms with Gasteiger partial charge in [0.1, 0.15) is 11.4 Å². The molecule has 1 aromatic carbocycles. The first kappa shape index (κ1) is 25.0. The van der Waals surface area contributed by atoms with Crippen molar-refractivity contribution in [2.45, 2.75) is 32.7 Å². The fourth-order valence-corrected chi connectivity index (χ4v) is 6.13. The van der Waals surface area contributed by atoms with Gasteiger partial charge in [-0.1, -0.05) is 6.07 Å². The van der Waals surface area contributed by atoms with E-state index in [-0.39, 0.29) is 19.2 Å². The van der Waals surface area contributed by atoms with Crippen LogP contribution in [0.2, 0.25) is 0 Å². The Morgan fingerprint density at radius 2 is 2.09 bits per heavy atom. The highest BCUT2D eigenvalue weighted by molar-refractivity contribution is 9.10. The van der Waals surface area contributed by atoms with Gasteiger partial charge < -0.3 is 14.0 Å². The molecule has 0 saturated carbocycles. The summed E-state index contributed by atoms with van der Waals surface area (Å²) in [6.45, 7) is 2.73. The van der Waals surface area contributed by atoms with Gasteiger partial charge in [0.05, 0.1) is 36.7 Å². The standard InChI is InChI=1S/C24H26BrNO6S2/c1-4-31-24(27)23-16(7-5-11-32-34(3,28)29)21(20-8-6-12-33-20)22-17-14-18(25)19(30-2)13-15(17)9-10-26(22)23/h6,8,12-14H,4-5,7,9-11H2,1-3H3. The summed E-state index contributed by atoms with van der Waals surface area (Å²) in [5, 5.41) is 2.01. The zero-order chi connectivity index (χ0) is 24.5. The molecule has 2 aromatic heterocycles. The molecule has 1 aliphatic heterocycles. The Labute approximate surface area is 211 Å². The number of benzene rings is 1.